The van der Waals surface area contributed by atoms with Crippen LogP contribution in [0, 0.1) is 5.92 Å². The summed E-state index contributed by atoms with van der Waals surface area (Å²) in [5.74, 6) is -2.11. The van der Waals surface area contributed by atoms with Crippen LogP contribution in [0.1, 0.15) is 33.0 Å². The van der Waals surface area contributed by atoms with E-state index in [-0.39, 0.29) is 36.1 Å². The number of nitrogens with zero attached hydrogens (tertiary/aromatic N) is 1. The van der Waals surface area contributed by atoms with Crippen molar-refractivity contribution in [3.63, 3.8) is 0 Å². The Hall–Kier alpha value is -3.03. The standard InChI is InChI=1S/C26H21Cl2F3N2O2/c27-19-9-10-20(23(28)12-19)25(35)33-14-21(17-7-4-8-18(11-17)26(29,30)31)22(15-33)24(34)32-13-16-5-2-1-3-6-16/h1-12,21-22H,13-15H2,(H,32,34)/t21-,22-/m1/s1. The topological polar surface area (TPSA) is 49.4 Å². The first kappa shape index (κ1) is 25.1. The van der Waals surface area contributed by atoms with Gasteiger partial charge in [-0.15, -0.1) is 0 Å². The Morgan fingerprint density at radius 2 is 1.69 bits per heavy atom. The normalized spacial score (nSPS) is 17.9. The lowest BCUT2D eigenvalue weighted by Crippen LogP contribution is -2.35. The van der Waals surface area contributed by atoms with Crippen LogP contribution in [0.4, 0.5) is 13.2 Å². The van der Waals surface area contributed by atoms with Gasteiger partial charge < -0.3 is 10.2 Å². The summed E-state index contributed by atoms with van der Waals surface area (Å²) in [5, 5.41) is 3.39. The zero-order chi connectivity index (χ0) is 25.2. The predicted molar refractivity (Wildman–Crippen MR) is 128 cm³/mol. The molecule has 1 heterocycles. The molecule has 0 aromatic heterocycles. The van der Waals surface area contributed by atoms with E-state index in [4.69, 9.17) is 23.2 Å². The van der Waals surface area contributed by atoms with E-state index in [2.05, 4.69) is 5.32 Å². The van der Waals surface area contributed by atoms with Crippen LogP contribution in [0.2, 0.25) is 10.0 Å². The van der Waals surface area contributed by atoms with Crippen molar-refractivity contribution in [3.05, 3.63) is 105 Å². The summed E-state index contributed by atoms with van der Waals surface area (Å²) in [5.41, 5.74) is 0.640. The zero-order valence-corrected chi connectivity index (χ0v) is 19.9. The summed E-state index contributed by atoms with van der Waals surface area (Å²) in [6, 6.07) is 18.6. The number of benzene rings is 3. The van der Waals surface area contributed by atoms with Crippen LogP contribution in [0.15, 0.2) is 72.8 Å². The van der Waals surface area contributed by atoms with Crippen molar-refractivity contribution in [2.45, 2.75) is 18.6 Å². The number of hydrogen-bond acceptors (Lipinski definition) is 2. The molecule has 1 fully saturated rings. The highest BCUT2D eigenvalue weighted by atomic mass is 35.5. The van der Waals surface area contributed by atoms with Crippen LogP contribution in [-0.4, -0.2) is 29.8 Å². The van der Waals surface area contributed by atoms with Crippen molar-refractivity contribution in [1.82, 2.24) is 10.2 Å². The number of carbonyl (C=O) groups excluding carboxylic acids is 2. The van der Waals surface area contributed by atoms with Crippen LogP contribution in [0.25, 0.3) is 0 Å². The highest BCUT2D eigenvalue weighted by molar-refractivity contribution is 6.36. The van der Waals surface area contributed by atoms with Gasteiger partial charge in [0.05, 0.1) is 22.1 Å². The second-order valence-electron chi connectivity index (χ2n) is 8.37. The maximum absolute atomic E-state index is 13.4. The molecular formula is C26H21Cl2F3N2O2. The number of rotatable bonds is 5. The van der Waals surface area contributed by atoms with Crippen LogP contribution in [0.5, 0.6) is 0 Å². The van der Waals surface area contributed by atoms with E-state index in [1.54, 1.807) is 6.07 Å². The Balaban J connectivity index is 1.62. The monoisotopic (exact) mass is 520 g/mol. The summed E-state index contributed by atoms with van der Waals surface area (Å²) in [6.07, 6.45) is -4.52. The molecular weight excluding hydrogens is 500 g/mol. The quantitative estimate of drug-likeness (QED) is 0.436. The SMILES string of the molecule is O=C(NCc1ccccc1)[C@@H]1CN(C(=O)c2ccc(Cl)cc2Cl)C[C@@H]1c1cccc(C(F)(F)F)c1. The van der Waals surface area contributed by atoms with E-state index < -0.39 is 29.5 Å². The molecule has 1 saturated heterocycles. The summed E-state index contributed by atoms with van der Waals surface area (Å²) in [4.78, 5) is 27.9. The van der Waals surface area contributed by atoms with Crippen LogP contribution < -0.4 is 5.32 Å². The highest BCUT2D eigenvalue weighted by Gasteiger charge is 2.41. The Labute approximate surface area is 210 Å². The Bertz CT molecular complexity index is 1230. The molecule has 2 atom stereocenters. The lowest BCUT2D eigenvalue weighted by molar-refractivity contribution is -0.137. The van der Waals surface area contributed by atoms with Gasteiger partial charge in [-0.3, -0.25) is 9.59 Å². The molecule has 3 aromatic rings. The molecule has 1 N–H and O–H groups in total. The molecule has 1 aliphatic rings. The molecule has 182 valence electrons. The molecule has 0 bridgehead atoms. The smallest absolute Gasteiger partial charge is 0.352 e. The first-order chi connectivity index (χ1) is 16.6. The molecule has 0 aliphatic carbocycles. The van der Waals surface area contributed by atoms with Gasteiger partial charge in [0.2, 0.25) is 5.91 Å². The third kappa shape index (κ3) is 5.80. The summed E-state index contributed by atoms with van der Waals surface area (Å²) < 4.78 is 40.1. The average Bonchev–Trinajstić information content (AvgIpc) is 3.28. The molecule has 3 aromatic carbocycles. The number of halogens is 5. The fourth-order valence-electron chi connectivity index (χ4n) is 4.27. The van der Waals surface area contributed by atoms with E-state index >= 15 is 0 Å². The predicted octanol–water partition coefficient (Wildman–Crippen LogP) is 6.18. The van der Waals surface area contributed by atoms with Crippen molar-refractivity contribution in [2.24, 2.45) is 5.92 Å². The first-order valence-electron chi connectivity index (χ1n) is 10.9. The molecule has 4 nitrogen and oxygen atoms in total. The Kier molecular flexibility index (Phi) is 7.38. The van der Waals surface area contributed by atoms with Gasteiger partial charge in [-0.25, -0.2) is 0 Å². The van der Waals surface area contributed by atoms with Crippen molar-refractivity contribution in [3.8, 4) is 0 Å². The van der Waals surface area contributed by atoms with Gasteiger partial charge in [-0.2, -0.15) is 13.2 Å². The lowest BCUT2D eigenvalue weighted by atomic mass is 9.87. The van der Waals surface area contributed by atoms with Crippen LogP contribution in [-0.2, 0) is 17.5 Å². The van der Waals surface area contributed by atoms with Gasteiger partial charge in [0.25, 0.3) is 5.91 Å². The van der Waals surface area contributed by atoms with E-state index in [1.165, 1.54) is 29.2 Å². The Morgan fingerprint density at radius 3 is 2.37 bits per heavy atom. The third-order valence-corrected chi connectivity index (χ3v) is 6.60. The number of alkyl halides is 3. The van der Waals surface area contributed by atoms with E-state index in [9.17, 15) is 22.8 Å². The molecule has 0 unspecified atom stereocenters. The van der Waals surface area contributed by atoms with Crippen molar-refractivity contribution >= 4 is 35.0 Å². The van der Waals surface area contributed by atoms with Crippen LogP contribution >= 0.6 is 23.2 Å². The molecule has 1 aliphatic heterocycles. The van der Waals surface area contributed by atoms with Gasteiger partial charge in [0.1, 0.15) is 0 Å². The second kappa shape index (κ2) is 10.3. The first-order valence-corrected chi connectivity index (χ1v) is 11.6. The summed E-state index contributed by atoms with van der Waals surface area (Å²) in [6.45, 7) is 0.379. The largest absolute Gasteiger partial charge is 0.416 e. The van der Waals surface area contributed by atoms with E-state index in [0.717, 1.165) is 17.7 Å². The number of likely N-dealkylation sites (tertiary alicyclic amines) is 1. The average molecular weight is 521 g/mol. The molecule has 4 rings (SSSR count). The van der Waals surface area contributed by atoms with Gasteiger partial charge >= 0.3 is 6.18 Å². The van der Waals surface area contributed by atoms with Crippen molar-refractivity contribution < 1.29 is 22.8 Å². The molecule has 35 heavy (non-hydrogen) atoms. The Morgan fingerprint density at radius 1 is 0.943 bits per heavy atom. The molecule has 2 amide bonds. The van der Waals surface area contributed by atoms with Gasteiger partial charge in [-0.05, 0) is 35.4 Å². The second-order valence-corrected chi connectivity index (χ2v) is 9.22. The number of amides is 2. The molecule has 0 radical (unpaired) electrons. The number of nitrogens with one attached hydrogen (secondary N) is 1. The maximum Gasteiger partial charge on any atom is 0.416 e. The summed E-state index contributed by atoms with van der Waals surface area (Å²) in [7, 11) is 0. The number of hydrogen-bond donors (Lipinski definition) is 1. The zero-order valence-electron chi connectivity index (χ0n) is 18.4. The van der Waals surface area contributed by atoms with Crippen molar-refractivity contribution in [1.29, 1.82) is 0 Å². The van der Waals surface area contributed by atoms with E-state index in [0.29, 0.717) is 10.6 Å². The fraction of sp³-hybridized carbons (Fsp3) is 0.231. The lowest BCUT2D eigenvalue weighted by Gasteiger charge is -2.19. The van der Waals surface area contributed by atoms with E-state index in [1.807, 2.05) is 30.3 Å². The highest BCUT2D eigenvalue weighted by Crippen LogP contribution is 2.37. The summed E-state index contributed by atoms with van der Waals surface area (Å²) >= 11 is 12.1. The van der Waals surface area contributed by atoms with Crippen molar-refractivity contribution in [2.75, 3.05) is 13.1 Å². The van der Waals surface area contributed by atoms with Gasteiger partial charge in [0.15, 0.2) is 0 Å². The molecule has 0 saturated carbocycles. The van der Waals surface area contributed by atoms with Gasteiger partial charge in [-0.1, -0.05) is 71.7 Å². The fourth-order valence-corrected chi connectivity index (χ4v) is 4.76. The minimum absolute atomic E-state index is 0.0410. The minimum Gasteiger partial charge on any atom is -0.352 e. The molecule has 0 spiro atoms. The van der Waals surface area contributed by atoms with Gasteiger partial charge in [0, 0.05) is 30.6 Å². The maximum atomic E-state index is 13.4. The third-order valence-electron chi connectivity index (χ3n) is 6.06. The minimum atomic E-state index is -4.52. The molecule has 9 heteroatoms. The number of carbonyl (C=O) groups is 2. The van der Waals surface area contributed by atoms with Crippen LogP contribution in [0.3, 0.4) is 0 Å².